The quantitative estimate of drug-likeness (QED) is 0.445. The predicted octanol–water partition coefficient (Wildman–Crippen LogP) is 3.65. The fraction of sp³-hybridized carbons (Fsp3) is 0.158. The molecule has 0 atom stereocenters. The molecule has 0 bridgehead atoms. The summed E-state index contributed by atoms with van der Waals surface area (Å²) in [6.07, 6.45) is 4.12. The number of benzene rings is 2. The summed E-state index contributed by atoms with van der Waals surface area (Å²) in [5.74, 6) is -0.694. The van der Waals surface area contributed by atoms with E-state index in [-0.39, 0.29) is 25.2 Å². The molecule has 0 heterocycles. The second kappa shape index (κ2) is 9.20. The highest BCUT2D eigenvalue weighted by Gasteiger charge is 2.05. The van der Waals surface area contributed by atoms with E-state index in [0.717, 1.165) is 0 Å². The van der Waals surface area contributed by atoms with Gasteiger partial charge in [0.1, 0.15) is 6.61 Å². The summed E-state index contributed by atoms with van der Waals surface area (Å²) < 4.78 is 10.2. The van der Waals surface area contributed by atoms with Gasteiger partial charge in [0.25, 0.3) is 0 Å². The number of esters is 2. The maximum Gasteiger partial charge on any atom is 0.338 e. The first-order chi connectivity index (χ1) is 11.3. The lowest BCUT2D eigenvalue weighted by atomic mass is 10.2. The zero-order chi connectivity index (χ0) is 16.3. The molecule has 0 saturated heterocycles. The molecule has 0 saturated carbocycles. The summed E-state index contributed by atoms with van der Waals surface area (Å²) in [5, 5.41) is 0. The van der Waals surface area contributed by atoms with Gasteiger partial charge in [-0.1, -0.05) is 48.6 Å². The second-order valence-corrected chi connectivity index (χ2v) is 4.73. The Hall–Kier alpha value is -2.88. The van der Waals surface area contributed by atoms with Crippen LogP contribution >= 0.6 is 0 Å². The van der Waals surface area contributed by atoms with Crippen LogP contribution in [0.2, 0.25) is 0 Å². The van der Waals surface area contributed by atoms with Crippen LogP contribution < -0.4 is 0 Å². The molecule has 2 aromatic carbocycles. The molecule has 118 valence electrons. The number of rotatable bonds is 7. The predicted molar refractivity (Wildman–Crippen MR) is 87.2 cm³/mol. The average Bonchev–Trinajstić information content (AvgIpc) is 2.62. The van der Waals surface area contributed by atoms with Gasteiger partial charge in [-0.25, -0.2) is 9.59 Å². The van der Waals surface area contributed by atoms with E-state index < -0.39 is 0 Å². The van der Waals surface area contributed by atoms with Gasteiger partial charge < -0.3 is 9.47 Å². The van der Waals surface area contributed by atoms with E-state index in [2.05, 4.69) is 0 Å². The van der Waals surface area contributed by atoms with Crippen molar-refractivity contribution in [3.8, 4) is 0 Å². The summed E-state index contributed by atoms with van der Waals surface area (Å²) >= 11 is 0. The van der Waals surface area contributed by atoms with Crippen molar-refractivity contribution in [2.45, 2.75) is 6.42 Å². The molecule has 0 aliphatic rings. The topological polar surface area (TPSA) is 52.6 Å². The number of hydrogen-bond acceptors (Lipinski definition) is 4. The molecule has 0 aliphatic heterocycles. The summed E-state index contributed by atoms with van der Waals surface area (Å²) in [6.45, 7) is 0.483. The van der Waals surface area contributed by atoms with E-state index in [1.54, 1.807) is 54.6 Å². The van der Waals surface area contributed by atoms with E-state index in [9.17, 15) is 9.59 Å². The zero-order valence-corrected chi connectivity index (χ0v) is 12.7. The van der Waals surface area contributed by atoms with Crippen molar-refractivity contribution < 1.29 is 19.1 Å². The Balaban J connectivity index is 1.60. The van der Waals surface area contributed by atoms with Crippen LogP contribution in [-0.4, -0.2) is 25.2 Å². The minimum absolute atomic E-state index is 0.195. The maximum atomic E-state index is 11.7. The van der Waals surface area contributed by atoms with Gasteiger partial charge in [0, 0.05) is 0 Å². The normalized spacial score (nSPS) is 10.4. The Labute approximate surface area is 135 Å². The SMILES string of the molecule is O=C(OC/C=C/CCOC(=O)c1ccccc1)c1ccccc1. The molecule has 23 heavy (non-hydrogen) atoms. The van der Waals surface area contributed by atoms with Gasteiger partial charge in [-0.3, -0.25) is 0 Å². The van der Waals surface area contributed by atoms with Gasteiger partial charge in [0.2, 0.25) is 0 Å². The molecule has 0 aromatic heterocycles. The van der Waals surface area contributed by atoms with E-state index in [0.29, 0.717) is 17.5 Å². The van der Waals surface area contributed by atoms with E-state index in [4.69, 9.17) is 9.47 Å². The van der Waals surface area contributed by atoms with Crippen molar-refractivity contribution in [1.82, 2.24) is 0 Å². The van der Waals surface area contributed by atoms with Gasteiger partial charge in [0.05, 0.1) is 17.7 Å². The minimum atomic E-state index is -0.356. The van der Waals surface area contributed by atoms with E-state index in [1.165, 1.54) is 0 Å². The molecule has 0 fully saturated rings. The van der Waals surface area contributed by atoms with Crippen LogP contribution in [0.4, 0.5) is 0 Å². The highest BCUT2D eigenvalue weighted by atomic mass is 16.5. The van der Waals surface area contributed by atoms with Crippen molar-refractivity contribution in [2.24, 2.45) is 0 Å². The second-order valence-electron chi connectivity index (χ2n) is 4.73. The van der Waals surface area contributed by atoms with Crippen molar-refractivity contribution in [2.75, 3.05) is 13.2 Å². The largest absolute Gasteiger partial charge is 0.462 e. The van der Waals surface area contributed by atoms with Crippen molar-refractivity contribution in [3.05, 3.63) is 83.9 Å². The molecule has 4 nitrogen and oxygen atoms in total. The van der Waals surface area contributed by atoms with Crippen LogP contribution in [0.15, 0.2) is 72.8 Å². The Kier molecular flexibility index (Phi) is 6.60. The first kappa shape index (κ1) is 16.5. The maximum absolute atomic E-state index is 11.7. The van der Waals surface area contributed by atoms with E-state index in [1.807, 2.05) is 18.2 Å². The van der Waals surface area contributed by atoms with Gasteiger partial charge in [-0.2, -0.15) is 0 Å². The van der Waals surface area contributed by atoms with Crippen LogP contribution in [0.3, 0.4) is 0 Å². The molecule has 0 unspecified atom stereocenters. The number of ether oxygens (including phenoxy) is 2. The lowest BCUT2D eigenvalue weighted by Gasteiger charge is -2.03. The van der Waals surface area contributed by atoms with Gasteiger partial charge in [-0.05, 0) is 30.7 Å². The summed E-state index contributed by atoms with van der Waals surface area (Å²) in [4.78, 5) is 23.3. The molecular weight excluding hydrogens is 292 g/mol. The molecule has 0 radical (unpaired) electrons. The summed E-state index contributed by atoms with van der Waals surface area (Å²) in [6, 6.07) is 17.7. The summed E-state index contributed by atoms with van der Waals surface area (Å²) in [5.41, 5.74) is 1.06. The lowest BCUT2D eigenvalue weighted by molar-refractivity contribution is 0.0511. The first-order valence-electron chi connectivity index (χ1n) is 7.37. The fourth-order valence-corrected chi connectivity index (χ4v) is 1.84. The molecule has 2 aromatic rings. The Morgan fingerprint density at radius 1 is 0.739 bits per heavy atom. The lowest BCUT2D eigenvalue weighted by Crippen LogP contribution is -2.06. The minimum Gasteiger partial charge on any atom is -0.462 e. The van der Waals surface area contributed by atoms with Gasteiger partial charge >= 0.3 is 11.9 Å². The molecule has 2 rings (SSSR count). The molecule has 4 heteroatoms. The Morgan fingerprint density at radius 3 is 1.83 bits per heavy atom. The van der Waals surface area contributed by atoms with Crippen LogP contribution in [0.1, 0.15) is 27.1 Å². The highest BCUT2D eigenvalue weighted by Crippen LogP contribution is 2.02. The average molecular weight is 310 g/mol. The molecule has 0 amide bonds. The standard InChI is InChI=1S/C19H18O4/c20-18(16-10-4-1-5-11-16)22-14-8-3-9-15-23-19(21)17-12-6-2-7-13-17/h1-8,10-13H,9,14-15H2/b8-3+. The Morgan fingerprint density at radius 2 is 1.26 bits per heavy atom. The zero-order valence-electron chi connectivity index (χ0n) is 12.7. The van der Waals surface area contributed by atoms with Gasteiger partial charge in [0.15, 0.2) is 0 Å². The summed E-state index contributed by atoms with van der Waals surface area (Å²) in [7, 11) is 0. The fourth-order valence-electron chi connectivity index (χ4n) is 1.84. The van der Waals surface area contributed by atoms with Crippen molar-refractivity contribution in [3.63, 3.8) is 0 Å². The third-order valence-corrected chi connectivity index (χ3v) is 3.01. The third-order valence-electron chi connectivity index (χ3n) is 3.01. The molecule has 0 spiro atoms. The van der Waals surface area contributed by atoms with Crippen LogP contribution in [-0.2, 0) is 9.47 Å². The number of hydrogen-bond donors (Lipinski definition) is 0. The smallest absolute Gasteiger partial charge is 0.338 e. The van der Waals surface area contributed by atoms with Crippen molar-refractivity contribution in [1.29, 1.82) is 0 Å². The number of carbonyl (C=O) groups is 2. The molecular formula is C19H18O4. The van der Waals surface area contributed by atoms with E-state index >= 15 is 0 Å². The highest BCUT2D eigenvalue weighted by molar-refractivity contribution is 5.89. The molecule has 0 aliphatic carbocycles. The van der Waals surface area contributed by atoms with Crippen LogP contribution in [0, 0.1) is 0 Å². The van der Waals surface area contributed by atoms with Crippen LogP contribution in [0.25, 0.3) is 0 Å². The molecule has 0 N–H and O–H groups in total. The third kappa shape index (κ3) is 5.79. The van der Waals surface area contributed by atoms with Crippen molar-refractivity contribution >= 4 is 11.9 Å². The Bertz CT molecular complexity index is 648. The number of carbonyl (C=O) groups excluding carboxylic acids is 2. The monoisotopic (exact) mass is 310 g/mol. The van der Waals surface area contributed by atoms with Gasteiger partial charge in [-0.15, -0.1) is 0 Å². The first-order valence-corrected chi connectivity index (χ1v) is 7.37. The van der Waals surface area contributed by atoms with Crippen LogP contribution in [0.5, 0.6) is 0 Å².